The third kappa shape index (κ3) is 8.38. The lowest BCUT2D eigenvalue weighted by molar-refractivity contribution is -0.134. The van der Waals surface area contributed by atoms with Crippen molar-refractivity contribution < 1.29 is 31.9 Å². The monoisotopic (exact) mass is 847 g/mol. The zero-order valence-electron chi connectivity index (χ0n) is 33.7. The average molecular weight is 848 g/mol. The number of imide groups is 1. The standard InChI is InChI=1S/C41H49F4N13O3/c1-54-33-15-25(4-7-27(33)36(52-54)28-8-9-35(59)51-40(28)60)48-31-10-12-55(20-30(31)43)17-22-2-5-26(6-3-22)58-21-32(37(53-58)38(44)45)49-41(61)29-16-47-57-13-11-34(50-39(29)57)56-18-23(42)14-24(46)19-56/h4,7,11,13,15-16,21-24,26,28,30-31,38,48H,2-3,5-6,8-10,12,14,17-20,46H2,1H3,(H,49,61)(H,51,59,60)/t22?,23-,24-,26?,28?,30+,31+/m1/s1. The van der Waals surface area contributed by atoms with Gasteiger partial charge in [-0.1, -0.05) is 0 Å². The molecule has 1 aromatic carbocycles. The number of hydrogen-bond acceptors (Lipinski definition) is 11. The molecule has 324 valence electrons. The molecule has 5 aromatic rings. The van der Waals surface area contributed by atoms with Crippen LogP contribution in [0.3, 0.4) is 0 Å². The number of piperidine rings is 3. The average Bonchev–Trinajstić information content (AvgIpc) is 3.94. The van der Waals surface area contributed by atoms with Crippen molar-refractivity contribution in [1.29, 1.82) is 0 Å². The minimum absolute atomic E-state index is 0.0667. The zero-order valence-corrected chi connectivity index (χ0v) is 33.7. The number of halogens is 4. The number of alkyl halides is 4. The van der Waals surface area contributed by atoms with Crippen molar-refractivity contribution in [3.05, 3.63) is 59.8 Å². The Labute approximate surface area is 348 Å². The summed E-state index contributed by atoms with van der Waals surface area (Å²) >= 11 is 0. The molecule has 4 aliphatic rings. The second kappa shape index (κ2) is 16.7. The predicted molar refractivity (Wildman–Crippen MR) is 218 cm³/mol. The summed E-state index contributed by atoms with van der Waals surface area (Å²) in [6.07, 6.45) is 3.79. The van der Waals surface area contributed by atoms with Gasteiger partial charge in [0, 0.05) is 69.2 Å². The molecule has 3 amide bonds. The largest absolute Gasteiger partial charge is 0.379 e. The molecule has 7 heterocycles. The fourth-order valence-corrected chi connectivity index (χ4v) is 9.55. The lowest BCUT2D eigenvalue weighted by Gasteiger charge is -2.38. The van der Waals surface area contributed by atoms with Gasteiger partial charge in [-0.3, -0.25) is 29.1 Å². The number of fused-ring (bicyclic) bond motifs is 2. The lowest BCUT2D eigenvalue weighted by atomic mass is 9.85. The summed E-state index contributed by atoms with van der Waals surface area (Å²) in [7, 11) is 1.80. The van der Waals surface area contributed by atoms with Gasteiger partial charge in [0.2, 0.25) is 11.8 Å². The van der Waals surface area contributed by atoms with E-state index in [1.165, 1.54) is 21.6 Å². The summed E-state index contributed by atoms with van der Waals surface area (Å²) in [5, 5.41) is 22.2. The maximum absolute atomic E-state index is 15.7. The van der Waals surface area contributed by atoms with Crippen molar-refractivity contribution in [2.24, 2.45) is 18.7 Å². The smallest absolute Gasteiger partial charge is 0.284 e. The van der Waals surface area contributed by atoms with Crippen LogP contribution in [0, 0.1) is 5.92 Å². The topological polar surface area (TPSA) is 186 Å². The Morgan fingerprint density at radius 1 is 1.03 bits per heavy atom. The van der Waals surface area contributed by atoms with Crippen molar-refractivity contribution in [3.63, 3.8) is 0 Å². The molecular weight excluding hydrogens is 799 g/mol. The molecular formula is C41H49F4N13O3. The molecule has 16 nitrogen and oxygen atoms in total. The first-order valence-corrected chi connectivity index (χ1v) is 21.0. The van der Waals surface area contributed by atoms with Crippen LogP contribution in [0.4, 0.5) is 34.8 Å². The van der Waals surface area contributed by atoms with Crippen molar-refractivity contribution in [1.82, 2.24) is 44.4 Å². The molecule has 0 bridgehead atoms. The van der Waals surface area contributed by atoms with Gasteiger partial charge in [-0.05, 0) is 75.1 Å². The molecule has 3 saturated heterocycles. The predicted octanol–water partition coefficient (Wildman–Crippen LogP) is 4.65. The number of rotatable bonds is 10. The molecule has 0 spiro atoms. The van der Waals surface area contributed by atoms with Gasteiger partial charge < -0.3 is 26.2 Å². The second-order valence-corrected chi connectivity index (χ2v) is 17.0. The number of hydrogen-bond donors (Lipinski definition) is 4. The number of nitrogens with one attached hydrogen (secondary N) is 3. The van der Waals surface area contributed by atoms with Gasteiger partial charge in [0.05, 0.1) is 47.6 Å². The molecule has 1 saturated carbocycles. The Hall–Kier alpha value is -5.63. The van der Waals surface area contributed by atoms with Crippen LogP contribution < -0.4 is 26.6 Å². The van der Waals surface area contributed by atoms with E-state index in [2.05, 4.69) is 41.1 Å². The molecule has 1 aliphatic carbocycles. The Kier molecular flexibility index (Phi) is 11.1. The quantitative estimate of drug-likeness (QED) is 0.113. The van der Waals surface area contributed by atoms with E-state index in [-0.39, 0.29) is 66.2 Å². The van der Waals surface area contributed by atoms with Gasteiger partial charge in [0.15, 0.2) is 11.3 Å². The highest BCUT2D eigenvalue weighted by Gasteiger charge is 2.35. The molecule has 0 radical (unpaired) electrons. The zero-order chi connectivity index (χ0) is 42.5. The summed E-state index contributed by atoms with van der Waals surface area (Å²) in [4.78, 5) is 46.1. The third-order valence-electron chi connectivity index (χ3n) is 12.7. The van der Waals surface area contributed by atoms with E-state index in [1.807, 2.05) is 18.2 Å². The number of carbonyl (C=O) groups excluding carboxylic acids is 3. The lowest BCUT2D eigenvalue weighted by Crippen LogP contribution is -2.49. The summed E-state index contributed by atoms with van der Waals surface area (Å²) in [6.45, 7) is 2.27. The maximum Gasteiger partial charge on any atom is 0.284 e. The Balaban J connectivity index is 0.782. The highest BCUT2D eigenvalue weighted by atomic mass is 19.3. The number of aryl methyl sites for hydroxylation is 1. The van der Waals surface area contributed by atoms with E-state index >= 15 is 4.39 Å². The highest BCUT2D eigenvalue weighted by molar-refractivity contribution is 6.08. The van der Waals surface area contributed by atoms with E-state index in [1.54, 1.807) is 28.9 Å². The summed E-state index contributed by atoms with van der Waals surface area (Å²) < 4.78 is 63.2. The molecule has 4 aromatic heterocycles. The van der Waals surface area contributed by atoms with Crippen LogP contribution in [0.15, 0.2) is 42.9 Å². The van der Waals surface area contributed by atoms with Crippen LogP contribution in [-0.4, -0.2) is 114 Å². The number of amides is 3. The van der Waals surface area contributed by atoms with E-state index in [9.17, 15) is 27.6 Å². The van der Waals surface area contributed by atoms with Crippen molar-refractivity contribution in [3.8, 4) is 0 Å². The second-order valence-electron chi connectivity index (χ2n) is 17.0. The van der Waals surface area contributed by atoms with Crippen LogP contribution in [-0.2, 0) is 16.6 Å². The first-order valence-electron chi connectivity index (χ1n) is 21.0. The minimum Gasteiger partial charge on any atom is -0.379 e. The van der Waals surface area contributed by atoms with Crippen LogP contribution in [0.25, 0.3) is 16.6 Å². The molecule has 5 atom stereocenters. The van der Waals surface area contributed by atoms with Crippen LogP contribution >= 0.6 is 0 Å². The normalized spacial score (nSPS) is 26.6. The highest BCUT2D eigenvalue weighted by Crippen LogP contribution is 2.37. The SMILES string of the molecule is Cn1nc(C2CCC(=O)NC2=O)c2ccc(N[C@H]3CCN(CC4CCC(n5cc(NC(=O)c6cnn7ccc(N8C[C@H](N)C[C@@H](F)C8)nc67)c(C(F)F)n5)CC4)C[C@@H]3F)cc21. The number of carbonyl (C=O) groups is 3. The number of nitrogens with zero attached hydrogens (tertiary/aromatic N) is 9. The molecule has 9 rings (SSSR count). The van der Waals surface area contributed by atoms with Crippen molar-refractivity contribution in [2.75, 3.05) is 48.3 Å². The summed E-state index contributed by atoms with van der Waals surface area (Å²) in [6, 6.07) is 6.47. The van der Waals surface area contributed by atoms with Crippen LogP contribution in [0.5, 0.6) is 0 Å². The molecule has 1 unspecified atom stereocenters. The van der Waals surface area contributed by atoms with Gasteiger partial charge in [-0.15, -0.1) is 0 Å². The fourth-order valence-electron chi connectivity index (χ4n) is 9.55. The van der Waals surface area contributed by atoms with E-state index in [0.717, 1.165) is 42.5 Å². The van der Waals surface area contributed by atoms with Crippen LogP contribution in [0.2, 0.25) is 0 Å². The molecule has 4 fully saturated rings. The van der Waals surface area contributed by atoms with Crippen molar-refractivity contribution >= 4 is 51.5 Å². The summed E-state index contributed by atoms with van der Waals surface area (Å²) in [5.74, 6) is -1.05. The minimum atomic E-state index is -2.93. The molecule has 3 aliphatic heterocycles. The third-order valence-corrected chi connectivity index (χ3v) is 12.7. The molecule has 5 N–H and O–H groups in total. The van der Waals surface area contributed by atoms with Gasteiger partial charge in [0.1, 0.15) is 23.7 Å². The first kappa shape index (κ1) is 40.8. The maximum atomic E-state index is 15.7. The number of nitrogens with two attached hydrogens (primary N) is 1. The number of aromatic nitrogens is 7. The van der Waals surface area contributed by atoms with Crippen molar-refractivity contribution in [2.45, 2.75) is 94.2 Å². The fraction of sp³-hybridized carbons (Fsp3) is 0.537. The van der Waals surface area contributed by atoms with Gasteiger partial charge in [0.25, 0.3) is 12.3 Å². The van der Waals surface area contributed by atoms with E-state index < -0.39 is 36.3 Å². The van der Waals surface area contributed by atoms with Gasteiger partial charge in [-0.2, -0.15) is 15.3 Å². The van der Waals surface area contributed by atoms with Crippen LogP contribution in [0.1, 0.15) is 91.5 Å². The number of benzene rings is 1. The number of likely N-dealkylation sites (tertiary alicyclic amines) is 1. The first-order chi connectivity index (χ1) is 29.4. The molecule has 20 heteroatoms. The molecule has 61 heavy (non-hydrogen) atoms. The van der Waals surface area contributed by atoms with E-state index in [0.29, 0.717) is 56.2 Å². The summed E-state index contributed by atoms with van der Waals surface area (Å²) in [5.41, 5.74) is 7.86. The Morgan fingerprint density at radius 3 is 2.61 bits per heavy atom. The Morgan fingerprint density at radius 2 is 1.85 bits per heavy atom. The Bertz CT molecular complexity index is 2440. The van der Waals surface area contributed by atoms with E-state index in [4.69, 9.17) is 5.73 Å². The number of anilines is 3. The van der Waals surface area contributed by atoms with Gasteiger partial charge in [-0.25, -0.2) is 27.1 Å². The van der Waals surface area contributed by atoms with Gasteiger partial charge >= 0.3 is 0 Å².